The minimum atomic E-state index is -0.322. The van der Waals surface area contributed by atoms with Crippen LogP contribution in [0.4, 0.5) is 16.2 Å². The van der Waals surface area contributed by atoms with E-state index in [1.807, 2.05) is 42.2 Å². The number of hydrogen-bond donors (Lipinski definition) is 0. The molecule has 3 heterocycles. The lowest BCUT2D eigenvalue weighted by atomic mass is 10.2. The fourth-order valence-corrected chi connectivity index (χ4v) is 3.10. The van der Waals surface area contributed by atoms with Gasteiger partial charge in [-0.3, -0.25) is 0 Å². The van der Waals surface area contributed by atoms with Gasteiger partial charge in [-0.05, 0) is 29.0 Å². The molecule has 134 valence electrons. The van der Waals surface area contributed by atoms with Crippen molar-refractivity contribution in [2.24, 2.45) is 0 Å². The molecule has 0 N–H and O–H groups in total. The molecule has 0 amide bonds. The number of piperazine rings is 1. The molecule has 3 aromatic rings. The Morgan fingerprint density at radius 3 is 2.46 bits per heavy atom. The zero-order valence-electron chi connectivity index (χ0n) is 14.5. The fraction of sp³-hybridized carbons (Fsp3) is 0.353. The predicted molar refractivity (Wildman–Crippen MR) is 94.9 cm³/mol. The van der Waals surface area contributed by atoms with E-state index in [0.717, 1.165) is 5.69 Å². The molecule has 0 spiro atoms. The summed E-state index contributed by atoms with van der Waals surface area (Å²) in [5.74, 6) is 0.741. The minimum Gasteiger partial charge on any atom is -0.351 e. The van der Waals surface area contributed by atoms with Crippen LogP contribution < -0.4 is 9.80 Å². The van der Waals surface area contributed by atoms with Gasteiger partial charge in [0.05, 0.1) is 11.4 Å². The molecule has 9 heteroatoms. The van der Waals surface area contributed by atoms with E-state index >= 15 is 0 Å². The van der Waals surface area contributed by atoms with E-state index in [0.29, 0.717) is 50.1 Å². The van der Waals surface area contributed by atoms with Crippen molar-refractivity contribution in [3.05, 3.63) is 48.2 Å². The minimum absolute atomic E-state index is 0.322. The monoisotopic (exact) mass is 354 g/mol. The summed E-state index contributed by atoms with van der Waals surface area (Å²) in [6, 6.07) is 9.76. The van der Waals surface area contributed by atoms with Gasteiger partial charge in [0.1, 0.15) is 6.33 Å². The van der Waals surface area contributed by atoms with Crippen LogP contribution in [0.3, 0.4) is 0 Å². The van der Waals surface area contributed by atoms with Crippen molar-refractivity contribution in [2.45, 2.75) is 13.3 Å². The molecule has 0 atom stereocenters. The first-order valence-corrected chi connectivity index (χ1v) is 8.61. The number of nitrogens with zero attached hydrogens (tertiary/aromatic N) is 8. The molecule has 1 aliphatic rings. The van der Waals surface area contributed by atoms with Crippen molar-refractivity contribution in [1.29, 1.82) is 0 Å². The highest BCUT2D eigenvalue weighted by Crippen LogP contribution is 2.22. The maximum absolute atomic E-state index is 14.5. The Morgan fingerprint density at radius 1 is 1.00 bits per heavy atom. The maximum atomic E-state index is 14.5. The van der Waals surface area contributed by atoms with Gasteiger partial charge in [-0.1, -0.05) is 30.2 Å². The quantitative estimate of drug-likeness (QED) is 0.702. The summed E-state index contributed by atoms with van der Waals surface area (Å²) in [4.78, 5) is 12.2. The average Bonchev–Trinajstić information content (AvgIpc) is 3.19. The zero-order valence-corrected chi connectivity index (χ0v) is 14.5. The molecular formula is C17H19FN8. The lowest BCUT2D eigenvalue weighted by Crippen LogP contribution is -2.48. The number of rotatable bonds is 4. The van der Waals surface area contributed by atoms with Crippen LogP contribution in [0.1, 0.15) is 12.6 Å². The molecular weight excluding hydrogens is 335 g/mol. The summed E-state index contributed by atoms with van der Waals surface area (Å²) in [5, 5.41) is 12.1. The van der Waals surface area contributed by atoms with Gasteiger partial charge in [-0.25, -0.2) is 14.4 Å². The highest BCUT2D eigenvalue weighted by atomic mass is 19.1. The van der Waals surface area contributed by atoms with Crippen LogP contribution in [0.2, 0.25) is 0 Å². The number of hydrogen-bond acceptors (Lipinski definition) is 7. The number of benzene rings is 1. The smallest absolute Gasteiger partial charge is 0.250 e. The third kappa shape index (κ3) is 2.96. The molecule has 1 fully saturated rings. The highest BCUT2D eigenvalue weighted by molar-refractivity contribution is 5.46. The summed E-state index contributed by atoms with van der Waals surface area (Å²) in [6.45, 7) is 4.52. The second kappa shape index (κ2) is 7.03. The topological polar surface area (TPSA) is 75.9 Å². The first kappa shape index (κ1) is 16.4. The van der Waals surface area contributed by atoms with Crippen LogP contribution in [0, 0.1) is 5.82 Å². The van der Waals surface area contributed by atoms with Crippen molar-refractivity contribution < 1.29 is 4.39 Å². The lowest BCUT2D eigenvalue weighted by Gasteiger charge is -2.35. The molecule has 1 saturated heterocycles. The second-order valence-corrected chi connectivity index (χ2v) is 6.01. The Hall–Kier alpha value is -3.10. The Labute approximate surface area is 150 Å². The van der Waals surface area contributed by atoms with Gasteiger partial charge in [0.15, 0.2) is 11.6 Å². The normalized spacial score (nSPS) is 14.7. The van der Waals surface area contributed by atoms with Crippen LogP contribution in [0.5, 0.6) is 0 Å². The standard InChI is InChI=1S/C17H19FN8/c1-2-14-15(18)16(20-12-19-14)24-8-10-25(11-9-24)17-21-22-23-26(17)13-6-4-3-5-7-13/h3-7,12H,2,8-11H2,1H3. The van der Waals surface area contributed by atoms with Crippen LogP contribution in [0.15, 0.2) is 36.7 Å². The van der Waals surface area contributed by atoms with E-state index in [2.05, 4.69) is 30.4 Å². The molecule has 0 bridgehead atoms. The maximum Gasteiger partial charge on any atom is 0.250 e. The summed E-state index contributed by atoms with van der Waals surface area (Å²) < 4.78 is 16.2. The first-order chi connectivity index (χ1) is 12.8. The second-order valence-electron chi connectivity index (χ2n) is 6.01. The predicted octanol–water partition coefficient (Wildman–Crippen LogP) is 1.48. The van der Waals surface area contributed by atoms with Gasteiger partial charge in [-0.15, -0.1) is 0 Å². The van der Waals surface area contributed by atoms with E-state index in [-0.39, 0.29) is 5.82 Å². The zero-order chi connectivity index (χ0) is 17.9. The molecule has 1 aliphatic heterocycles. The highest BCUT2D eigenvalue weighted by Gasteiger charge is 2.25. The lowest BCUT2D eigenvalue weighted by molar-refractivity contribution is 0.565. The Bertz CT molecular complexity index is 873. The van der Waals surface area contributed by atoms with Crippen LogP contribution >= 0.6 is 0 Å². The van der Waals surface area contributed by atoms with Crippen molar-refractivity contribution in [3.8, 4) is 5.69 Å². The summed E-state index contributed by atoms with van der Waals surface area (Å²) in [7, 11) is 0. The summed E-state index contributed by atoms with van der Waals surface area (Å²) >= 11 is 0. The van der Waals surface area contributed by atoms with Crippen molar-refractivity contribution in [2.75, 3.05) is 36.0 Å². The summed E-state index contributed by atoms with van der Waals surface area (Å²) in [5.41, 5.74) is 1.36. The van der Waals surface area contributed by atoms with Crippen LogP contribution in [0.25, 0.3) is 5.69 Å². The fourth-order valence-electron chi connectivity index (χ4n) is 3.10. The molecule has 4 rings (SSSR count). The van der Waals surface area contributed by atoms with E-state index in [9.17, 15) is 4.39 Å². The molecule has 1 aromatic carbocycles. The van der Waals surface area contributed by atoms with E-state index < -0.39 is 0 Å². The number of tetrazole rings is 1. The Morgan fingerprint density at radius 2 is 1.73 bits per heavy atom. The van der Waals surface area contributed by atoms with Gasteiger partial charge in [0, 0.05) is 26.2 Å². The van der Waals surface area contributed by atoms with Gasteiger partial charge < -0.3 is 9.80 Å². The largest absolute Gasteiger partial charge is 0.351 e. The van der Waals surface area contributed by atoms with Crippen molar-refractivity contribution in [3.63, 3.8) is 0 Å². The number of aromatic nitrogens is 6. The molecule has 0 radical (unpaired) electrons. The first-order valence-electron chi connectivity index (χ1n) is 8.61. The molecule has 0 saturated carbocycles. The average molecular weight is 354 g/mol. The third-order valence-electron chi connectivity index (χ3n) is 4.49. The van der Waals surface area contributed by atoms with E-state index in [1.165, 1.54) is 6.33 Å². The molecule has 26 heavy (non-hydrogen) atoms. The van der Waals surface area contributed by atoms with E-state index in [1.54, 1.807) is 4.68 Å². The number of anilines is 2. The van der Waals surface area contributed by atoms with Crippen molar-refractivity contribution in [1.82, 2.24) is 30.2 Å². The Balaban J connectivity index is 1.51. The van der Waals surface area contributed by atoms with Crippen LogP contribution in [-0.2, 0) is 6.42 Å². The van der Waals surface area contributed by atoms with Gasteiger partial charge in [0.25, 0.3) is 0 Å². The molecule has 0 unspecified atom stereocenters. The van der Waals surface area contributed by atoms with Gasteiger partial charge in [-0.2, -0.15) is 4.68 Å². The SMILES string of the molecule is CCc1ncnc(N2CCN(c3nnnn3-c3ccccc3)CC2)c1F. The van der Waals surface area contributed by atoms with Crippen molar-refractivity contribution >= 4 is 11.8 Å². The van der Waals surface area contributed by atoms with Gasteiger partial charge in [0.2, 0.25) is 5.95 Å². The number of para-hydroxylation sites is 1. The summed E-state index contributed by atoms with van der Waals surface area (Å²) in [6.07, 6.45) is 1.98. The molecule has 0 aliphatic carbocycles. The number of halogens is 1. The number of aryl methyl sites for hydroxylation is 1. The third-order valence-corrected chi connectivity index (χ3v) is 4.49. The Kier molecular flexibility index (Phi) is 4.42. The van der Waals surface area contributed by atoms with E-state index in [4.69, 9.17) is 0 Å². The van der Waals surface area contributed by atoms with Gasteiger partial charge >= 0.3 is 0 Å². The van der Waals surface area contributed by atoms with Crippen LogP contribution in [-0.4, -0.2) is 56.4 Å². The molecule has 2 aromatic heterocycles. The molecule has 8 nitrogen and oxygen atoms in total.